The standard InChI is InChI=1S/C14H23N3O2S.ClH/c15-9-13-17-12(10-20-13)14(18)16-7-8-19-11-5-3-1-2-4-6-11;/h10-11H,1-9,15H2,(H,16,18);1H. The molecule has 120 valence electrons. The highest BCUT2D eigenvalue weighted by Crippen LogP contribution is 2.19. The molecular formula is C14H24ClN3O2S. The minimum Gasteiger partial charge on any atom is -0.376 e. The van der Waals surface area contributed by atoms with Crippen LogP contribution in [0.4, 0.5) is 0 Å². The van der Waals surface area contributed by atoms with E-state index in [0.717, 1.165) is 17.8 Å². The molecule has 1 fully saturated rings. The molecule has 1 aromatic heterocycles. The number of amides is 1. The Morgan fingerprint density at radius 3 is 2.71 bits per heavy atom. The fourth-order valence-electron chi connectivity index (χ4n) is 2.40. The van der Waals surface area contributed by atoms with E-state index in [9.17, 15) is 4.79 Å². The summed E-state index contributed by atoms with van der Waals surface area (Å²) < 4.78 is 5.82. The SMILES string of the molecule is Cl.NCc1nc(C(=O)NCCOC2CCCCCC2)cs1. The van der Waals surface area contributed by atoms with Crippen LogP contribution in [0.3, 0.4) is 0 Å². The normalized spacial score (nSPS) is 16.0. The van der Waals surface area contributed by atoms with Gasteiger partial charge in [0.2, 0.25) is 0 Å². The highest BCUT2D eigenvalue weighted by molar-refractivity contribution is 7.09. The molecule has 1 heterocycles. The lowest BCUT2D eigenvalue weighted by molar-refractivity contribution is 0.0441. The molecule has 1 aliphatic carbocycles. The number of carbonyl (C=O) groups excluding carboxylic acids is 1. The van der Waals surface area contributed by atoms with Crippen LogP contribution in [0.5, 0.6) is 0 Å². The predicted molar refractivity (Wildman–Crippen MR) is 87.0 cm³/mol. The summed E-state index contributed by atoms with van der Waals surface area (Å²) in [5.74, 6) is -0.148. The second kappa shape index (κ2) is 10.1. The molecule has 1 aromatic rings. The molecule has 1 amide bonds. The molecule has 0 bridgehead atoms. The van der Waals surface area contributed by atoms with Crippen molar-refractivity contribution in [1.82, 2.24) is 10.3 Å². The minimum absolute atomic E-state index is 0. The van der Waals surface area contributed by atoms with Gasteiger partial charge in [0.25, 0.3) is 5.91 Å². The van der Waals surface area contributed by atoms with Crippen LogP contribution in [0.1, 0.15) is 54.0 Å². The van der Waals surface area contributed by atoms with Crippen molar-refractivity contribution in [1.29, 1.82) is 0 Å². The van der Waals surface area contributed by atoms with Crippen molar-refractivity contribution >= 4 is 29.7 Å². The molecule has 3 N–H and O–H groups in total. The highest BCUT2D eigenvalue weighted by Gasteiger charge is 2.13. The van der Waals surface area contributed by atoms with Crippen LogP contribution in [-0.2, 0) is 11.3 Å². The molecule has 0 unspecified atom stereocenters. The Kier molecular flexibility index (Phi) is 8.84. The van der Waals surface area contributed by atoms with Gasteiger partial charge < -0.3 is 15.8 Å². The summed E-state index contributed by atoms with van der Waals surface area (Å²) in [4.78, 5) is 16.0. The number of ether oxygens (including phenoxy) is 1. The summed E-state index contributed by atoms with van der Waals surface area (Å²) in [5, 5.41) is 5.35. The maximum atomic E-state index is 11.8. The molecule has 0 aliphatic heterocycles. The summed E-state index contributed by atoms with van der Waals surface area (Å²) in [6.07, 6.45) is 7.85. The van der Waals surface area contributed by atoms with Crippen molar-refractivity contribution in [3.05, 3.63) is 16.1 Å². The summed E-state index contributed by atoms with van der Waals surface area (Å²) in [5.41, 5.74) is 5.93. The monoisotopic (exact) mass is 333 g/mol. The fraction of sp³-hybridized carbons (Fsp3) is 0.714. The Bertz CT molecular complexity index is 420. The van der Waals surface area contributed by atoms with Crippen LogP contribution >= 0.6 is 23.7 Å². The van der Waals surface area contributed by atoms with Gasteiger partial charge in [-0.25, -0.2) is 4.98 Å². The molecule has 0 aromatic carbocycles. The first-order valence-electron chi connectivity index (χ1n) is 7.34. The van der Waals surface area contributed by atoms with Gasteiger partial charge in [-0.15, -0.1) is 23.7 Å². The predicted octanol–water partition coefficient (Wildman–Crippen LogP) is 2.49. The largest absolute Gasteiger partial charge is 0.376 e. The van der Waals surface area contributed by atoms with Gasteiger partial charge in [-0.1, -0.05) is 25.7 Å². The molecule has 0 saturated heterocycles. The van der Waals surface area contributed by atoms with E-state index in [4.69, 9.17) is 10.5 Å². The lowest BCUT2D eigenvalue weighted by atomic mass is 10.1. The second-order valence-corrected chi connectivity index (χ2v) is 6.01. The van der Waals surface area contributed by atoms with E-state index in [2.05, 4.69) is 10.3 Å². The summed E-state index contributed by atoms with van der Waals surface area (Å²) >= 11 is 1.41. The number of rotatable bonds is 6. The van der Waals surface area contributed by atoms with Gasteiger partial charge >= 0.3 is 0 Å². The number of nitrogens with two attached hydrogens (primary N) is 1. The van der Waals surface area contributed by atoms with Crippen molar-refractivity contribution in [3.8, 4) is 0 Å². The van der Waals surface area contributed by atoms with Gasteiger partial charge in [-0.3, -0.25) is 4.79 Å². The second-order valence-electron chi connectivity index (χ2n) is 5.07. The van der Waals surface area contributed by atoms with Crippen LogP contribution < -0.4 is 11.1 Å². The van der Waals surface area contributed by atoms with Crippen LogP contribution in [0, 0.1) is 0 Å². The average molecular weight is 334 g/mol. The van der Waals surface area contributed by atoms with E-state index in [1.807, 2.05) is 0 Å². The van der Waals surface area contributed by atoms with Gasteiger partial charge in [-0.2, -0.15) is 0 Å². The van der Waals surface area contributed by atoms with E-state index in [1.165, 1.54) is 37.0 Å². The number of hydrogen-bond donors (Lipinski definition) is 2. The molecule has 5 nitrogen and oxygen atoms in total. The van der Waals surface area contributed by atoms with Crippen LogP contribution in [0.2, 0.25) is 0 Å². The molecular weight excluding hydrogens is 310 g/mol. The zero-order chi connectivity index (χ0) is 14.2. The smallest absolute Gasteiger partial charge is 0.270 e. The first-order chi connectivity index (χ1) is 9.79. The van der Waals surface area contributed by atoms with E-state index < -0.39 is 0 Å². The molecule has 1 aliphatic rings. The zero-order valence-electron chi connectivity index (χ0n) is 12.2. The number of nitrogens with zero attached hydrogens (tertiary/aromatic N) is 1. The van der Waals surface area contributed by atoms with E-state index >= 15 is 0 Å². The maximum Gasteiger partial charge on any atom is 0.270 e. The van der Waals surface area contributed by atoms with Gasteiger partial charge in [-0.05, 0) is 12.8 Å². The fourth-order valence-corrected chi connectivity index (χ4v) is 3.05. The Balaban J connectivity index is 0.00000220. The number of carbonyl (C=O) groups is 1. The lowest BCUT2D eigenvalue weighted by Crippen LogP contribution is -2.29. The van der Waals surface area contributed by atoms with Crippen molar-refractivity contribution in [2.24, 2.45) is 5.73 Å². The van der Waals surface area contributed by atoms with Crippen LogP contribution in [0.25, 0.3) is 0 Å². The third-order valence-electron chi connectivity index (χ3n) is 3.50. The first-order valence-corrected chi connectivity index (χ1v) is 8.22. The Morgan fingerprint density at radius 2 is 2.10 bits per heavy atom. The third-order valence-corrected chi connectivity index (χ3v) is 4.37. The van der Waals surface area contributed by atoms with Crippen LogP contribution in [0.15, 0.2) is 5.38 Å². The Hall–Kier alpha value is -0.690. The number of aromatic nitrogens is 1. The lowest BCUT2D eigenvalue weighted by Gasteiger charge is -2.15. The molecule has 1 saturated carbocycles. The van der Waals surface area contributed by atoms with E-state index in [0.29, 0.717) is 31.5 Å². The van der Waals surface area contributed by atoms with Crippen molar-refractivity contribution in [3.63, 3.8) is 0 Å². The zero-order valence-corrected chi connectivity index (χ0v) is 13.8. The summed E-state index contributed by atoms with van der Waals surface area (Å²) in [7, 11) is 0. The van der Waals surface area contributed by atoms with E-state index in [1.54, 1.807) is 5.38 Å². The van der Waals surface area contributed by atoms with Crippen molar-refractivity contribution in [2.75, 3.05) is 13.2 Å². The summed E-state index contributed by atoms with van der Waals surface area (Å²) in [6.45, 7) is 1.48. The van der Waals surface area contributed by atoms with Crippen molar-refractivity contribution < 1.29 is 9.53 Å². The molecule has 7 heteroatoms. The quantitative estimate of drug-likeness (QED) is 0.619. The third kappa shape index (κ3) is 6.30. The van der Waals surface area contributed by atoms with E-state index in [-0.39, 0.29) is 18.3 Å². The maximum absolute atomic E-state index is 11.8. The van der Waals surface area contributed by atoms with Crippen LogP contribution in [-0.4, -0.2) is 30.1 Å². The summed E-state index contributed by atoms with van der Waals surface area (Å²) in [6, 6.07) is 0. The molecule has 21 heavy (non-hydrogen) atoms. The Labute approximate surface area is 136 Å². The first kappa shape index (κ1) is 18.4. The number of nitrogens with one attached hydrogen (secondary N) is 1. The molecule has 0 radical (unpaired) electrons. The van der Waals surface area contributed by atoms with Gasteiger partial charge in [0, 0.05) is 18.5 Å². The molecule has 0 spiro atoms. The van der Waals surface area contributed by atoms with Crippen molar-refractivity contribution in [2.45, 2.75) is 51.2 Å². The Morgan fingerprint density at radius 1 is 1.38 bits per heavy atom. The number of hydrogen-bond acceptors (Lipinski definition) is 5. The van der Waals surface area contributed by atoms with Gasteiger partial charge in [0.05, 0.1) is 12.7 Å². The minimum atomic E-state index is -0.148. The van der Waals surface area contributed by atoms with Gasteiger partial charge in [0.15, 0.2) is 0 Å². The average Bonchev–Trinajstić information content (AvgIpc) is 2.80. The molecule has 2 rings (SSSR count). The number of thiazole rings is 1. The topological polar surface area (TPSA) is 77.2 Å². The molecule has 0 atom stereocenters. The van der Waals surface area contributed by atoms with Gasteiger partial charge in [0.1, 0.15) is 10.7 Å². The number of halogens is 1. The highest BCUT2D eigenvalue weighted by atomic mass is 35.5.